The molecule has 0 saturated heterocycles. The third-order valence-corrected chi connectivity index (χ3v) is 6.11. The molecule has 32 heavy (non-hydrogen) atoms. The summed E-state index contributed by atoms with van der Waals surface area (Å²) in [6.07, 6.45) is 1.20. The monoisotopic (exact) mass is 454 g/mol. The fraction of sp³-hybridized carbons (Fsp3) is 0.318. The summed E-state index contributed by atoms with van der Waals surface area (Å²) < 4.78 is 7.54. The Kier molecular flexibility index (Phi) is 5.79. The number of hydrogen-bond donors (Lipinski definition) is 1. The summed E-state index contributed by atoms with van der Waals surface area (Å²) in [5.41, 5.74) is 3.36. The number of nitro groups is 1. The molecular formula is C22H22N4O5S. The lowest BCUT2D eigenvalue weighted by atomic mass is 10.1. The number of benzene rings is 1. The highest BCUT2D eigenvalue weighted by atomic mass is 32.1. The molecule has 0 spiro atoms. The van der Waals surface area contributed by atoms with Crippen LogP contribution in [0.1, 0.15) is 47.6 Å². The number of non-ortho nitro benzene ring substituents is 1. The number of amides is 1. The van der Waals surface area contributed by atoms with E-state index in [1.807, 2.05) is 13.8 Å². The van der Waals surface area contributed by atoms with Gasteiger partial charge in [-0.05, 0) is 39.7 Å². The summed E-state index contributed by atoms with van der Waals surface area (Å²) in [7, 11) is 0. The number of aryl methyl sites for hydroxylation is 1. The number of thiazole rings is 1. The smallest absolute Gasteiger partial charge is 0.340 e. The molecule has 0 radical (unpaired) electrons. The van der Waals surface area contributed by atoms with Crippen LogP contribution >= 0.6 is 11.3 Å². The lowest BCUT2D eigenvalue weighted by Gasteiger charge is -2.13. The Morgan fingerprint density at radius 3 is 2.75 bits per heavy atom. The van der Waals surface area contributed by atoms with Gasteiger partial charge in [-0.2, -0.15) is 0 Å². The van der Waals surface area contributed by atoms with E-state index in [1.165, 1.54) is 30.4 Å². The van der Waals surface area contributed by atoms with Gasteiger partial charge in [0.05, 0.1) is 16.2 Å². The van der Waals surface area contributed by atoms with Crippen molar-refractivity contribution in [2.24, 2.45) is 0 Å². The number of rotatable bonds is 7. The Morgan fingerprint density at radius 2 is 2.06 bits per heavy atom. The van der Waals surface area contributed by atoms with E-state index in [1.54, 1.807) is 23.6 Å². The number of carbonyl (C=O) groups excluding carboxylic acids is 2. The molecule has 4 rings (SSSR count). The first kappa shape index (κ1) is 21.7. The molecular weight excluding hydrogens is 432 g/mol. The molecule has 9 nitrogen and oxygen atoms in total. The van der Waals surface area contributed by atoms with Crippen LogP contribution in [0.5, 0.6) is 0 Å². The number of hydrogen-bond acceptors (Lipinski definition) is 7. The first-order chi connectivity index (χ1) is 15.2. The molecule has 2 aromatic heterocycles. The van der Waals surface area contributed by atoms with Crippen molar-refractivity contribution in [2.45, 2.75) is 45.8 Å². The first-order valence-electron chi connectivity index (χ1n) is 10.1. The molecule has 1 aromatic carbocycles. The van der Waals surface area contributed by atoms with Gasteiger partial charge in [-0.1, -0.05) is 12.1 Å². The fourth-order valence-electron chi connectivity index (χ4n) is 3.61. The fourth-order valence-corrected chi connectivity index (χ4v) is 4.33. The van der Waals surface area contributed by atoms with E-state index in [4.69, 9.17) is 4.74 Å². The van der Waals surface area contributed by atoms with E-state index in [0.29, 0.717) is 28.0 Å². The van der Waals surface area contributed by atoms with E-state index in [9.17, 15) is 19.7 Å². The van der Waals surface area contributed by atoms with Gasteiger partial charge >= 0.3 is 5.97 Å². The van der Waals surface area contributed by atoms with Gasteiger partial charge in [0.25, 0.3) is 11.6 Å². The van der Waals surface area contributed by atoms with Crippen molar-refractivity contribution in [2.75, 3.05) is 5.32 Å². The summed E-state index contributed by atoms with van der Waals surface area (Å²) in [5.74, 6) is -1.04. The Labute approximate surface area is 188 Å². The molecule has 1 aliphatic carbocycles. The van der Waals surface area contributed by atoms with Crippen LogP contribution in [-0.2, 0) is 9.53 Å². The number of nitro benzene ring substituents is 1. The van der Waals surface area contributed by atoms with Crippen molar-refractivity contribution >= 4 is 34.0 Å². The number of anilines is 1. The molecule has 3 aromatic rings. The number of esters is 1. The van der Waals surface area contributed by atoms with Crippen LogP contribution in [0.15, 0.2) is 35.7 Å². The second-order valence-electron chi connectivity index (χ2n) is 7.77. The van der Waals surface area contributed by atoms with Crippen LogP contribution in [0.3, 0.4) is 0 Å². The van der Waals surface area contributed by atoms with Crippen molar-refractivity contribution in [3.05, 3.63) is 62.8 Å². The average Bonchev–Trinajstić information content (AvgIpc) is 3.39. The summed E-state index contributed by atoms with van der Waals surface area (Å²) in [4.78, 5) is 40.0. The molecule has 10 heteroatoms. The van der Waals surface area contributed by atoms with Gasteiger partial charge in [-0.15, -0.1) is 11.3 Å². The van der Waals surface area contributed by atoms with Gasteiger partial charge in [0.2, 0.25) is 0 Å². The Balaban J connectivity index is 1.40. The van der Waals surface area contributed by atoms with Gasteiger partial charge in [0.1, 0.15) is 0 Å². The molecule has 0 bridgehead atoms. The zero-order valence-electron chi connectivity index (χ0n) is 17.8. The topological polar surface area (TPSA) is 116 Å². The van der Waals surface area contributed by atoms with E-state index < -0.39 is 22.9 Å². The molecule has 1 amide bonds. The predicted octanol–water partition coefficient (Wildman–Crippen LogP) is 4.66. The van der Waals surface area contributed by atoms with E-state index in [-0.39, 0.29) is 5.69 Å². The minimum absolute atomic E-state index is 0.0392. The van der Waals surface area contributed by atoms with Gasteiger partial charge < -0.3 is 9.30 Å². The summed E-state index contributed by atoms with van der Waals surface area (Å²) >= 11 is 1.18. The molecule has 2 heterocycles. The minimum atomic E-state index is -1.02. The highest BCUT2D eigenvalue weighted by molar-refractivity contribution is 7.14. The third kappa shape index (κ3) is 4.40. The number of carbonyl (C=O) groups is 2. The summed E-state index contributed by atoms with van der Waals surface area (Å²) in [5, 5.41) is 15.6. The Bertz CT molecular complexity index is 1210. The second-order valence-corrected chi connectivity index (χ2v) is 8.63. The number of nitrogens with zero attached hydrogens (tertiary/aromatic N) is 3. The van der Waals surface area contributed by atoms with Crippen LogP contribution in [0.2, 0.25) is 0 Å². The van der Waals surface area contributed by atoms with Crippen LogP contribution in [0.4, 0.5) is 10.8 Å². The maximum Gasteiger partial charge on any atom is 0.340 e. The van der Waals surface area contributed by atoms with E-state index >= 15 is 0 Å². The third-order valence-electron chi connectivity index (χ3n) is 5.36. The predicted molar refractivity (Wildman–Crippen MR) is 120 cm³/mol. The highest BCUT2D eigenvalue weighted by Crippen LogP contribution is 2.38. The average molecular weight is 455 g/mol. The normalized spacial score (nSPS) is 14.1. The zero-order valence-corrected chi connectivity index (χ0v) is 18.6. The second kappa shape index (κ2) is 8.54. The summed E-state index contributed by atoms with van der Waals surface area (Å²) in [6.45, 7) is 5.35. The molecule has 1 saturated carbocycles. The van der Waals surface area contributed by atoms with Crippen LogP contribution < -0.4 is 5.32 Å². The first-order valence-corrected chi connectivity index (χ1v) is 11.0. The quantitative estimate of drug-likeness (QED) is 0.315. The standard InChI is InChI=1S/C22H22N4O5S/c1-12-9-18(13(2)25(12)16-7-8-16)21(28)31-14(3)20(27)24-22-23-19(11-32-22)15-5-4-6-17(10-15)26(29)30/h4-6,9-11,14,16H,7-8H2,1-3H3,(H,23,24,27)/t14-/m0/s1. The number of aromatic nitrogens is 2. The molecule has 0 unspecified atom stereocenters. The Hall–Kier alpha value is -3.53. The van der Waals surface area contributed by atoms with Crippen LogP contribution in [0, 0.1) is 24.0 Å². The van der Waals surface area contributed by atoms with Crippen LogP contribution in [0.25, 0.3) is 11.3 Å². The molecule has 1 N–H and O–H groups in total. The van der Waals surface area contributed by atoms with Gasteiger partial charge in [-0.25, -0.2) is 9.78 Å². The highest BCUT2D eigenvalue weighted by Gasteiger charge is 2.30. The number of nitrogens with one attached hydrogen (secondary N) is 1. The zero-order chi connectivity index (χ0) is 23.0. The number of ether oxygens (including phenoxy) is 1. The van der Waals surface area contributed by atoms with E-state index in [2.05, 4.69) is 14.9 Å². The van der Waals surface area contributed by atoms with Crippen molar-refractivity contribution in [3.63, 3.8) is 0 Å². The van der Waals surface area contributed by atoms with Gasteiger partial charge in [0.15, 0.2) is 11.2 Å². The van der Waals surface area contributed by atoms with Crippen molar-refractivity contribution in [1.29, 1.82) is 0 Å². The molecule has 1 atom stereocenters. The molecule has 0 aliphatic heterocycles. The van der Waals surface area contributed by atoms with Gasteiger partial charge in [-0.3, -0.25) is 20.2 Å². The maximum absolute atomic E-state index is 12.6. The molecule has 166 valence electrons. The van der Waals surface area contributed by atoms with Crippen LogP contribution in [-0.4, -0.2) is 32.5 Å². The van der Waals surface area contributed by atoms with Gasteiger partial charge in [0, 0.05) is 40.5 Å². The Morgan fingerprint density at radius 1 is 1.31 bits per heavy atom. The van der Waals surface area contributed by atoms with Crippen molar-refractivity contribution in [1.82, 2.24) is 9.55 Å². The molecule has 1 aliphatic rings. The lowest BCUT2D eigenvalue weighted by Crippen LogP contribution is -2.30. The van der Waals surface area contributed by atoms with E-state index in [0.717, 1.165) is 24.2 Å². The van der Waals surface area contributed by atoms with Crippen molar-refractivity contribution in [3.8, 4) is 11.3 Å². The van der Waals surface area contributed by atoms with Crippen molar-refractivity contribution < 1.29 is 19.2 Å². The lowest BCUT2D eigenvalue weighted by molar-refractivity contribution is -0.384. The minimum Gasteiger partial charge on any atom is -0.449 e. The maximum atomic E-state index is 12.6. The largest absolute Gasteiger partial charge is 0.449 e. The SMILES string of the molecule is Cc1cc(C(=O)O[C@@H](C)C(=O)Nc2nc(-c3cccc([N+](=O)[O-])c3)cs2)c(C)n1C1CC1. The summed E-state index contributed by atoms with van der Waals surface area (Å²) in [6, 6.07) is 8.35. The molecule has 1 fully saturated rings.